The summed E-state index contributed by atoms with van der Waals surface area (Å²) in [5.41, 5.74) is 4.41. The van der Waals surface area contributed by atoms with E-state index in [1.54, 1.807) is 12.1 Å². The Bertz CT molecular complexity index is 945. The minimum absolute atomic E-state index is 0.178. The monoisotopic (exact) mass is 349 g/mol. The number of carbonyl (C=O) groups is 1. The van der Waals surface area contributed by atoms with Gasteiger partial charge in [-0.25, -0.2) is 4.39 Å². The van der Waals surface area contributed by atoms with E-state index in [4.69, 9.17) is 0 Å². The second kappa shape index (κ2) is 6.41. The summed E-state index contributed by atoms with van der Waals surface area (Å²) in [6.45, 7) is 4.82. The van der Waals surface area contributed by atoms with Crippen LogP contribution in [-0.4, -0.2) is 15.7 Å². The first-order valence-corrected chi connectivity index (χ1v) is 8.75. The Kier molecular flexibility index (Phi) is 4.07. The average Bonchev–Trinajstić information content (AvgIpc) is 3.14. The normalized spacial score (nSPS) is 16.0. The maximum absolute atomic E-state index is 13.3. The second-order valence-corrected chi connectivity index (χ2v) is 6.90. The number of nitrogens with zero attached hydrogens (tertiary/aromatic N) is 2. The van der Waals surface area contributed by atoms with Crippen LogP contribution in [0.3, 0.4) is 0 Å². The van der Waals surface area contributed by atoms with Gasteiger partial charge >= 0.3 is 0 Å². The van der Waals surface area contributed by atoms with Crippen LogP contribution in [-0.2, 0) is 6.54 Å². The van der Waals surface area contributed by atoms with Gasteiger partial charge in [-0.1, -0.05) is 56.3 Å². The van der Waals surface area contributed by atoms with Crippen LogP contribution in [0, 0.1) is 5.82 Å². The lowest BCUT2D eigenvalue weighted by Gasteiger charge is -2.18. The van der Waals surface area contributed by atoms with E-state index in [0.717, 1.165) is 22.4 Å². The highest BCUT2D eigenvalue weighted by molar-refractivity contribution is 5.98. The van der Waals surface area contributed by atoms with Crippen LogP contribution < -0.4 is 5.32 Å². The Morgan fingerprint density at radius 2 is 1.81 bits per heavy atom. The Morgan fingerprint density at radius 3 is 2.46 bits per heavy atom. The summed E-state index contributed by atoms with van der Waals surface area (Å²) in [6, 6.07) is 16.1. The molecule has 1 aliphatic heterocycles. The largest absolute Gasteiger partial charge is 0.340 e. The third-order valence-electron chi connectivity index (χ3n) is 4.73. The lowest BCUT2D eigenvalue weighted by Crippen LogP contribution is -2.23. The molecule has 1 atom stereocenters. The molecule has 0 saturated heterocycles. The fraction of sp³-hybridized carbons (Fsp3) is 0.238. The average molecular weight is 349 g/mol. The SMILES string of the molecule is CC(C)c1c2c(nn1Cc1ccccc1)C(=O)NC2c1ccc(F)cc1. The molecule has 2 aromatic carbocycles. The predicted molar refractivity (Wildman–Crippen MR) is 97.6 cm³/mol. The summed E-state index contributed by atoms with van der Waals surface area (Å²) < 4.78 is 15.2. The minimum atomic E-state index is -0.292. The van der Waals surface area contributed by atoms with Gasteiger partial charge in [-0.2, -0.15) is 5.10 Å². The summed E-state index contributed by atoms with van der Waals surface area (Å²) in [7, 11) is 0. The summed E-state index contributed by atoms with van der Waals surface area (Å²) in [5, 5.41) is 7.60. The molecule has 2 heterocycles. The Labute approximate surface area is 151 Å². The smallest absolute Gasteiger partial charge is 0.272 e. The molecule has 4 rings (SSSR count). The topological polar surface area (TPSA) is 46.9 Å². The number of aromatic nitrogens is 2. The number of fused-ring (bicyclic) bond motifs is 1. The van der Waals surface area contributed by atoms with Crippen LogP contribution in [0.1, 0.15) is 58.7 Å². The Morgan fingerprint density at radius 1 is 1.12 bits per heavy atom. The van der Waals surface area contributed by atoms with Crippen molar-refractivity contribution in [2.45, 2.75) is 32.4 Å². The molecule has 0 radical (unpaired) electrons. The molecule has 1 unspecified atom stereocenters. The molecule has 26 heavy (non-hydrogen) atoms. The van der Waals surface area contributed by atoms with Gasteiger partial charge in [0.15, 0.2) is 5.69 Å². The summed E-state index contributed by atoms with van der Waals surface area (Å²) >= 11 is 0. The molecule has 0 bridgehead atoms. The molecule has 0 spiro atoms. The van der Waals surface area contributed by atoms with Gasteiger partial charge in [-0.15, -0.1) is 0 Å². The minimum Gasteiger partial charge on any atom is -0.340 e. The lowest BCUT2D eigenvalue weighted by molar-refractivity contribution is 0.0954. The molecule has 1 N–H and O–H groups in total. The third kappa shape index (κ3) is 2.79. The summed E-state index contributed by atoms with van der Waals surface area (Å²) in [5.74, 6) is -0.268. The first-order chi connectivity index (χ1) is 12.5. The van der Waals surface area contributed by atoms with E-state index in [-0.39, 0.29) is 23.7 Å². The molecular formula is C21H20FN3O. The van der Waals surface area contributed by atoms with Crippen LogP contribution in [0.15, 0.2) is 54.6 Å². The molecular weight excluding hydrogens is 329 g/mol. The van der Waals surface area contributed by atoms with Crippen molar-refractivity contribution >= 4 is 5.91 Å². The second-order valence-electron chi connectivity index (χ2n) is 6.90. The van der Waals surface area contributed by atoms with E-state index in [9.17, 15) is 9.18 Å². The van der Waals surface area contributed by atoms with Crippen LogP contribution >= 0.6 is 0 Å². The fourth-order valence-corrected chi connectivity index (χ4v) is 3.60. The van der Waals surface area contributed by atoms with Crippen molar-refractivity contribution in [3.8, 4) is 0 Å². The number of hydrogen-bond acceptors (Lipinski definition) is 2. The Balaban J connectivity index is 1.81. The number of rotatable bonds is 4. The molecule has 3 aromatic rings. The van der Waals surface area contributed by atoms with Crippen molar-refractivity contribution in [1.29, 1.82) is 0 Å². The van der Waals surface area contributed by atoms with Gasteiger partial charge in [0.05, 0.1) is 12.6 Å². The van der Waals surface area contributed by atoms with Gasteiger partial charge in [0, 0.05) is 11.3 Å². The number of hydrogen-bond donors (Lipinski definition) is 1. The van der Waals surface area contributed by atoms with Crippen molar-refractivity contribution in [1.82, 2.24) is 15.1 Å². The molecule has 1 aromatic heterocycles. The summed E-state index contributed by atoms with van der Waals surface area (Å²) in [4.78, 5) is 12.5. The van der Waals surface area contributed by atoms with Gasteiger partial charge in [0.1, 0.15) is 5.82 Å². The fourth-order valence-electron chi connectivity index (χ4n) is 3.60. The number of nitrogens with one attached hydrogen (secondary N) is 1. The quantitative estimate of drug-likeness (QED) is 0.773. The van der Waals surface area contributed by atoms with E-state index in [1.807, 2.05) is 22.9 Å². The van der Waals surface area contributed by atoms with E-state index in [0.29, 0.717) is 12.2 Å². The first kappa shape index (κ1) is 16.5. The van der Waals surface area contributed by atoms with Crippen LogP contribution in [0.4, 0.5) is 4.39 Å². The van der Waals surface area contributed by atoms with Crippen molar-refractivity contribution in [2.24, 2.45) is 0 Å². The van der Waals surface area contributed by atoms with Gasteiger partial charge in [0.2, 0.25) is 0 Å². The first-order valence-electron chi connectivity index (χ1n) is 8.75. The number of benzene rings is 2. The molecule has 1 aliphatic rings. The number of amides is 1. The number of carbonyl (C=O) groups excluding carboxylic acids is 1. The van der Waals surface area contributed by atoms with Crippen molar-refractivity contribution < 1.29 is 9.18 Å². The van der Waals surface area contributed by atoms with E-state index in [2.05, 4.69) is 36.4 Å². The van der Waals surface area contributed by atoms with E-state index < -0.39 is 0 Å². The highest BCUT2D eigenvalue weighted by atomic mass is 19.1. The molecule has 4 nitrogen and oxygen atoms in total. The Hall–Kier alpha value is -2.95. The zero-order valence-corrected chi connectivity index (χ0v) is 14.7. The zero-order chi connectivity index (χ0) is 18.3. The molecule has 1 amide bonds. The van der Waals surface area contributed by atoms with Crippen LogP contribution in [0.25, 0.3) is 0 Å². The van der Waals surface area contributed by atoms with Crippen molar-refractivity contribution in [3.05, 3.63) is 88.5 Å². The van der Waals surface area contributed by atoms with Gasteiger partial charge in [-0.05, 0) is 29.2 Å². The molecule has 0 aliphatic carbocycles. The number of halogens is 1. The standard InChI is InChI=1S/C21H20FN3O/c1-13(2)20-17-18(15-8-10-16(22)11-9-15)23-21(26)19(17)24-25(20)12-14-6-4-3-5-7-14/h3-11,13,18H,12H2,1-2H3,(H,23,26). The molecule has 5 heteroatoms. The van der Waals surface area contributed by atoms with Crippen LogP contribution in [0.2, 0.25) is 0 Å². The highest BCUT2D eigenvalue weighted by Crippen LogP contribution is 2.36. The van der Waals surface area contributed by atoms with Crippen LogP contribution in [0.5, 0.6) is 0 Å². The van der Waals surface area contributed by atoms with Crippen molar-refractivity contribution in [2.75, 3.05) is 0 Å². The molecule has 0 fully saturated rings. The van der Waals surface area contributed by atoms with Crippen molar-refractivity contribution in [3.63, 3.8) is 0 Å². The zero-order valence-electron chi connectivity index (χ0n) is 14.7. The third-order valence-corrected chi connectivity index (χ3v) is 4.73. The highest BCUT2D eigenvalue weighted by Gasteiger charge is 2.37. The maximum Gasteiger partial charge on any atom is 0.272 e. The molecule has 132 valence electrons. The maximum atomic E-state index is 13.3. The van der Waals surface area contributed by atoms with Gasteiger partial charge in [0.25, 0.3) is 5.91 Å². The molecule has 0 saturated carbocycles. The van der Waals surface area contributed by atoms with Gasteiger partial charge in [-0.3, -0.25) is 9.48 Å². The lowest BCUT2D eigenvalue weighted by atomic mass is 9.95. The predicted octanol–water partition coefficient (Wildman–Crippen LogP) is 4.03. The van der Waals surface area contributed by atoms with Gasteiger partial charge < -0.3 is 5.32 Å². The van der Waals surface area contributed by atoms with E-state index >= 15 is 0 Å². The van der Waals surface area contributed by atoms with E-state index in [1.165, 1.54) is 12.1 Å². The summed E-state index contributed by atoms with van der Waals surface area (Å²) in [6.07, 6.45) is 0.